The maximum atomic E-state index is 11.9. The zero-order valence-electron chi connectivity index (χ0n) is 18.5. The molecule has 12 heteroatoms. The lowest BCUT2D eigenvalue weighted by atomic mass is 9.96. The number of hydrogen-bond donors (Lipinski definition) is 1. The SMILES string of the molecule is CC(=O)N[C@@H]1[C@@H](OCc2ccc(Cl)cc2Cl)O[C@@H](COC(C)=O)[C@@H](OC(C)=O)[C@H]1OC(C)=O. The van der Waals surface area contributed by atoms with Gasteiger partial charge in [-0.05, 0) is 17.7 Å². The molecule has 1 saturated heterocycles. The average Bonchev–Trinajstić information content (AvgIpc) is 2.68. The zero-order valence-corrected chi connectivity index (χ0v) is 20.0. The van der Waals surface area contributed by atoms with Crippen LogP contribution in [0, 0.1) is 0 Å². The van der Waals surface area contributed by atoms with Crippen LogP contribution in [0.4, 0.5) is 0 Å². The molecule has 182 valence electrons. The Labute approximate surface area is 200 Å². The van der Waals surface area contributed by atoms with E-state index in [2.05, 4.69) is 5.32 Å². The van der Waals surface area contributed by atoms with Gasteiger partial charge >= 0.3 is 17.9 Å². The van der Waals surface area contributed by atoms with Crippen LogP contribution in [0.2, 0.25) is 10.0 Å². The maximum absolute atomic E-state index is 11.9. The molecule has 0 unspecified atom stereocenters. The maximum Gasteiger partial charge on any atom is 0.303 e. The van der Waals surface area contributed by atoms with Crippen LogP contribution in [0.3, 0.4) is 0 Å². The molecule has 1 aromatic rings. The lowest BCUT2D eigenvalue weighted by Gasteiger charge is -2.44. The fraction of sp³-hybridized carbons (Fsp3) is 0.524. The number of halogens is 2. The van der Waals surface area contributed by atoms with Crippen LogP contribution in [-0.2, 0) is 49.5 Å². The Morgan fingerprint density at radius 1 is 0.970 bits per heavy atom. The molecule has 1 amide bonds. The molecule has 10 nitrogen and oxygen atoms in total. The summed E-state index contributed by atoms with van der Waals surface area (Å²) in [6.07, 6.45) is -4.63. The summed E-state index contributed by atoms with van der Waals surface area (Å²) in [5, 5.41) is 3.40. The fourth-order valence-electron chi connectivity index (χ4n) is 3.24. The van der Waals surface area contributed by atoms with Crippen LogP contribution < -0.4 is 5.32 Å². The van der Waals surface area contributed by atoms with Gasteiger partial charge in [-0.15, -0.1) is 0 Å². The highest BCUT2D eigenvalue weighted by Crippen LogP contribution is 2.29. The quantitative estimate of drug-likeness (QED) is 0.417. The average molecular weight is 506 g/mol. The first-order valence-electron chi connectivity index (χ1n) is 9.93. The third-order valence-electron chi connectivity index (χ3n) is 4.49. The second-order valence-electron chi connectivity index (χ2n) is 7.27. The van der Waals surface area contributed by atoms with Gasteiger partial charge in [0, 0.05) is 37.7 Å². The van der Waals surface area contributed by atoms with Gasteiger partial charge in [0.25, 0.3) is 0 Å². The fourth-order valence-corrected chi connectivity index (χ4v) is 3.71. The number of rotatable bonds is 8. The van der Waals surface area contributed by atoms with Crippen molar-refractivity contribution in [1.29, 1.82) is 0 Å². The molecule has 1 aliphatic heterocycles. The Balaban J connectivity index is 2.38. The number of carbonyl (C=O) groups excluding carboxylic acids is 4. The monoisotopic (exact) mass is 505 g/mol. The Bertz CT molecular complexity index is 894. The van der Waals surface area contributed by atoms with E-state index in [9.17, 15) is 19.2 Å². The number of esters is 3. The number of nitrogens with one attached hydrogen (secondary N) is 1. The minimum atomic E-state index is -1.20. The minimum Gasteiger partial charge on any atom is -0.463 e. The van der Waals surface area contributed by atoms with Crippen molar-refractivity contribution in [3.63, 3.8) is 0 Å². The van der Waals surface area contributed by atoms with Gasteiger partial charge in [0.05, 0.1) is 6.61 Å². The van der Waals surface area contributed by atoms with E-state index >= 15 is 0 Å². The predicted octanol–water partition coefficient (Wildman–Crippen LogP) is 2.17. The van der Waals surface area contributed by atoms with Crippen LogP contribution in [-0.4, -0.2) is 61.1 Å². The van der Waals surface area contributed by atoms with Gasteiger partial charge in [-0.1, -0.05) is 29.3 Å². The van der Waals surface area contributed by atoms with Crippen LogP contribution >= 0.6 is 23.2 Å². The van der Waals surface area contributed by atoms with Crippen LogP contribution in [0.15, 0.2) is 18.2 Å². The molecule has 0 saturated carbocycles. The third kappa shape index (κ3) is 8.15. The van der Waals surface area contributed by atoms with Crippen molar-refractivity contribution in [1.82, 2.24) is 5.32 Å². The molecule has 5 atom stereocenters. The zero-order chi connectivity index (χ0) is 24.7. The summed E-state index contributed by atoms with van der Waals surface area (Å²) in [4.78, 5) is 46.8. The van der Waals surface area contributed by atoms with Crippen LogP contribution in [0.25, 0.3) is 0 Å². The topological polar surface area (TPSA) is 126 Å². The van der Waals surface area contributed by atoms with Crippen molar-refractivity contribution in [3.05, 3.63) is 33.8 Å². The number of amides is 1. The van der Waals surface area contributed by atoms with E-state index in [1.54, 1.807) is 12.1 Å². The highest BCUT2D eigenvalue weighted by molar-refractivity contribution is 6.35. The Kier molecular flexibility index (Phi) is 9.90. The molecule has 1 fully saturated rings. The van der Waals surface area contributed by atoms with Crippen LogP contribution in [0.1, 0.15) is 33.3 Å². The number of ether oxygens (including phenoxy) is 5. The molecule has 1 aliphatic rings. The molecular formula is C21H25Cl2NO9. The van der Waals surface area contributed by atoms with Gasteiger partial charge in [0.15, 0.2) is 18.5 Å². The van der Waals surface area contributed by atoms with Gasteiger partial charge in [-0.3, -0.25) is 19.2 Å². The van der Waals surface area contributed by atoms with Gasteiger partial charge in [-0.25, -0.2) is 0 Å². The van der Waals surface area contributed by atoms with E-state index < -0.39 is 54.5 Å². The number of benzene rings is 1. The van der Waals surface area contributed by atoms with Crippen molar-refractivity contribution >= 4 is 47.0 Å². The standard InChI is InChI=1S/C21H25Cl2NO9/c1-10(25)24-18-20(32-13(4)28)19(31-12(3)27)17(9-29-11(2)26)33-21(18)30-8-14-5-6-15(22)7-16(14)23/h5-7,17-21H,8-9H2,1-4H3,(H,24,25)/t17-,18-,19+,20-,21-/m0/s1. The summed E-state index contributed by atoms with van der Waals surface area (Å²) in [6, 6.07) is 3.76. The minimum absolute atomic E-state index is 0.0535. The molecule has 0 radical (unpaired) electrons. The lowest BCUT2D eigenvalue weighted by Crippen LogP contribution is -2.66. The van der Waals surface area contributed by atoms with E-state index in [4.69, 9.17) is 46.9 Å². The van der Waals surface area contributed by atoms with Crippen molar-refractivity contribution in [2.45, 2.75) is 64.9 Å². The molecule has 1 aromatic carbocycles. The summed E-state index contributed by atoms with van der Waals surface area (Å²) in [6.45, 7) is 4.40. The summed E-state index contributed by atoms with van der Waals surface area (Å²) in [7, 11) is 0. The molecule has 0 aromatic heterocycles. The van der Waals surface area contributed by atoms with Gasteiger partial charge in [0.1, 0.15) is 18.8 Å². The first-order chi connectivity index (χ1) is 15.5. The van der Waals surface area contributed by atoms with Crippen molar-refractivity contribution < 1.29 is 42.9 Å². The van der Waals surface area contributed by atoms with Crippen molar-refractivity contribution in [2.24, 2.45) is 0 Å². The molecule has 0 aliphatic carbocycles. The molecule has 2 rings (SSSR count). The Morgan fingerprint density at radius 2 is 1.61 bits per heavy atom. The largest absolute Gasteiger partial charge is 0.463 e. The van der Waals surface area contributed by atoms with E-state index in [0.29, 0.717) is 15.6 Å². The normalized spacial score (nSPS) is 24.5. The van der Waals surface area contributed by atoms with Gasteiger partial charge < -0.3 is 29.0 Å². The molecule has 33 heavy (non-hydrogen) atoms. The summed E-state index contributed by atoms with van der Waals surface area (Å²) in [5.74, 6) is -2.46. The van der Waals surface area contributed by atoms with E-state index in [1.165, 1.54) is 19.9 Å². The number of hydrogen-bond acceptors (Lipinski definition) is 9. The molecule has 1 N–H and O–H groups in total. The van der Waals surface area contributed by atoms with E-state index in [1.807, 2.05) is 0 Å². The van der Waals surface area contributed by atoms with Gasteiger partial charge in [0.2, 0.25) is 5.91 Å². The Morgan fingerprint density at radius 3 is 2.15 bits per heavy atom. The smallest absolute Gasteiger partial charge is 0.303 e. The van der Waals surface area contributed by atoms with E-state index in [0.717, 1.165) is 13.8 Å². The third-order valence-corrected chi connectivity index (χ3v) is 5.08. The first-order valence-corrected chi connectivity index (χ1v) is 10.7. The predicted molar refractivity (Wildman–Crippen MR) is 115 cm³/mol. The number of carbonyl (C=O) groups is 4. The second kappa shape index (κ2) is 12.2. The molecule has 0 bridgehead atoms. The van der Waals surface area contributed by atoms with Crippen molar-refractivity contribution in [3.8, 4) is 0 Å². The van der Waals surface area contributed by atoms with E-state index in [-0.39, 0.29) is 13.2 Å². The lowest BCUT2D eigenvalue weighted by molar-refractivity contribution is -0.280. The summed E-state index contributed by atoms with van der Waals surface area (Å²) in [5.41, 5.74) is 0.578. The molecule has 0 spiro atoms. The van der Waals surface area contributed by atoms with Gasteiger partial charge in [-0.2, -0.15) is 0 Å². The second-order valence-corrected chi connectivity index (χ2v) is 8.11. The Hall–Kier alpha value is -2.40. The van der Waals surface area contributed by atoms with Crippen LogP contribution in [0.5, 0.6) is 0 Å². The molecule has 1 heterocycles. The molecular weight excluding hydrogens is 481 g/mol. The summed E-state index contributed by atoms with van der Waals surface area (Å²) >= 11 is 12.1. The highest BCUT2D eigenvalue weighted by atomic mass is 35.5. The van der Waals surface area contributed by atoms with Crippen molar-refractivity contribution in [2.75, 3.05) is 6.61 Å². The first kappa shape index (κ1) is 26.8. The summed E-state index contributed by atoms with van der Waals surface area (Å²) < 4.78 is 27.5. The highest BCUT2D eigenvalue weighted by Gasteiger charge is 2.51.